The minimum absolute atomic E-state index is 0.127. The highest BCUT2D eigenvalue weighted by molar-refractivity contribution is 7.90. The second-order valence-corrected chi connectivity index (χ2v) is 8.80. The fourth-order valence-electron chi connectivity index (χ4n) is 3.13. The number of hydrogen-bond acceptors (Lipinski definition) is 3. The standard InChI is InChI=1S/C18H27F3N4O2S/c1-14(15-6-4-3-5-7-15)8-11-23-17(22-2)24-16-9-12-25(13-10-16)28(26,27)18(19,20)21/h3-7,14,16H,8-13H2,1-2H3,(H2,22,23,24). The van der Waals surface area contributed by atoms with E-state index in [0.29, 0.717) is 22.7 Å². The Morgan fingerprint density at radius 1 is 1.25 bits per heavy atom. The van der Waals surface area contributed by atoms with Crippen LogP contribution in [0.2, 0.25) is 0 Å². The Morgan fingerprint density at radius 2 is 1.86 bits per heavy atom. The van der Waals surface area contributed by atoms with E-state index in [1.165, 1.54) is 5.56 Å². The Kier molecular flexibility index (Phi) is 7.70. The molecule has 0 aromatic heterocycles. The van der Waals surface area contributed by atoms with Crippen LogP contribution < -0.4 is 10.6 Å². The number of alkyl halides is 3. The van der Waals surface area contributed by atoms with Gasteiger partial charge < -0.3 is 10.6 Å². The zero-order valence-electron chi connectivity index (χ0n) is 16.0. The monoisotopic (exact) mass is 420 g/mol. The van der Waals surface area contributed by atoms with Crippen LogP contribution in [0.1, 0.15) is 37.7 Å². The number of guanidine groups is 1. The van der Waals surface area contributed by atoms with Gasteiger partial charge in [0, 0.05) is 32.7 Å². The number of halogens is 3. The lowest BCUT2D eigenvalue weighted by atomic mass is 9.98. The largest absolute Gasteiger partial charge is 0.511 e. The third kappa shape index (κ3) is 5.84. The van der Waals surface area contributed by atoms with Crippen LogP contribution in [-0.4, -0.2) is 56.9 Å². The van der Waals surface area contributed by atoms with Crippen molar-refractivity contribution < 1.29 is 21.6 Å². The van der Waals surface area contributed by atoms with Gasteiger partial charge in [-0.1, -0.05) is 37.3 Å². The molecule has 1 fully saturated rings. The maximum Gasteiger partial charge on any atom is 0.511 e. The first-order chi connectivity index (χ1) is 13.1. The molecule has 2 N–H and O–H groups in total. The molecular weight excluding hydrogens is 393 g/mol. The Hall–Kier alpha value is -1.81. The molecule has 1 aliphatic rings. The summed E-state index contributed by atoms with van der Waals surface area (Å²) in [4.78, 5) is 4.14. The maximum atomic E-state index is 12.6. The molecule has 2 rings (SSSR count). The van der Waals surface area contributed by atoms with Gasteiger partial charge in [-0.3, -0.25) is 4.99 Å². The first-order valence-corrected chi connectivity index (χ1v) is 10.7. The van der Waals surface area contributed by atoms with Gasteiger partial charge in [0.25, 0.3) is 0 Å². The van der Waals surface area contributed by atoms with Gasteiger partial charge in [-0.25, -0.2) is 8.42 Å². The van der Waals surface area contributed by atoms with Gasteiger partial charge in [-0.05, 0) is 30.7 Å². The van der Waals surface area contributed by atoms with E-state index < -0.39 is 15.5 Å². The topological polar surface area (TPSA) is 73.8 Å². The van der Waals surface area contributed by atoms with Gasteiger partial charge in [-0.2, -0.15) is 17.5 Å². The molecular formula is C18H27F3N4O2S. The van der Waals surface area contributed by atoms with Crippen LogP contribution in [0.3, 0.4) is 0 Å². The van der Waals surface area contributed by atoms with Crippen LogP contribution in [0.5, 0.6) is 0 Å². The summed E-state index contributed by atoms with van der Waals surface area (Å²) in [6, 6.07) is 10.0. The predicted octanol–water partition coefficient (Wildman–Crippen LogP) is 2.66. The quantitative estimate of drug-likeness (QED) is 0.548. The van der Waals surface area contributed by atoms with Crippen LogP contribution in [0, 0.1) is 0 Å². The van der Waals surface area contributed by atoms with E-state index in [2.05, 4.69) is 34.7 Å². The number of benzene rings is 1. The molecule has 1 saturated heterocycles. The van der Waals surface area contributed by atoms with E-state index in [1.54, 1.807) is 7.05 Å². The minimum atomic E-state index is -5.25. The zero-order valence-corrected chi connectivity index (χ0v) is 16.9. The fourth-order valence-corrected chi connectivity index (χ4v) is 4.11. The van der Waals surface area contributed by atoms with Gasteiger partial charge in [0.15, 0.2) is 5.96 Å². The summed E-state index contributed by atoms with van der Waals surface area (Å²) in [7, 11) is -3.62. The second kappa shape index (κ2) is 9.60. The zero-order chi connectivity index (χ0) is 20.8. The lowest BCUT2D eigenvalue weighted by Crippen LogP contribution is -2.51. The molecule has 1 unspecified atom stereocenters. The van der Waals surface area contributed by atoms with Crippen molar-refractivity contribution >= 4 is 16.0 Å². The Labute approximate surface area is 164 Å². The average molecular weight is 421 g/mol. The van der Waals surface area contributed by atoms with Crippen molar-refractivity contribution in [1.29, 1.82) is 0 Å². The van der Waals surface area contributed by atoms with Crippen molar-refractivity contribution in [2.75, 3.05) is 26.7 Å². The van der Waals surface area contributed by atoms with Gasteiger partial charge in [0.2, 0.25) is 0 Å². The molecule has 10 heteroatoms. The first kappa shape index (κ1) is 22.5. The molecule has 28 heavy (non-hydrogen) atoms. The molecule has 1 aromatic carbocycles. The second-order valence-electron chi connectivity index (χ2n) is 6.87. The third-order valence-electron chi connectivity index (χ3n) is 4.89. The molecule has 0 bridgehead atoms. The number of nitrogens with one attached hydrogen (secondary N) is 2. The predicted molar refractivity (Wildman–Crippen MR) is 104 cm³/mol. The Morgan fingerprint density at radius 3 is 2.39 bits per heavy atom. The Balaban J connectivity index is 1.77. The van der Waals surface area contributed by atoms with Gasteiger partial charge in [0.05, 0.1) is 0 Å². The number of rotatable bonds is 6. The Bertz CT molecular complexity index is 746. The van der Waals surface area contributed by atoms with Crippen molar-refractivity contribution in [1.82, 2.24) is 14.9 Å². The van der Waals surface area contributed by atoms with Gasteiger partial charge >= 0.3 is 15.5 Å². The molecule has 0 radical (unpaired) electrons. The summed E-state index contributed by atoms with van der Waals surface area (Å²) in [5, 5.41) is 6.38. The lowest BCUT2D eigenvalue weighted by molar-refractivity contribution is -0.0494. The molecule has 0 saturated carbocycles. The molecule has 0 amide bonds. The van der Waals surface area contributed by atoms with Crippen LogP contribution in [0.4, 0.5) is 13.2 Å². The van der Waals surface area contributed by atoms with Crippen molar-refractivity contribution in [2.24, 2.45) is 4.99 Å². The normalized spacial score (nSPS) is 18.7. The molecule has 6 nitrogen and oxygen atoms in total. The molecule has 1 atom stereocenters. The third-order valence-corrected chi connectivity index (χ3v) is 6.52. The molecule has 1 heterocycles. The summed E-state index contributed by atoms with van der Waals surface area (Å²) in [6.07, 6.45) is 1.47. The van der Waals surface area contributed by atoms with E-state index in [4.69, 9.17) is 0 Å². The summed E-state index contributed by atoms with van der Waals surface area (Å²) >= 11 is 0. The molecule has 0 aliphatic carbocycles. The number of sulfonamides is 1. The fraction of sp³-hybridized carbons (Fsp3) is 0.611. The molecule has 1 aliphatic heterocycles. The number of nitrogens with zero attached hydrogens (tertiary/aromatic N) is 2. The van der Waals surface area contributed by atoms with Crippen molar-refractivity contribution in [3.8, 4) is 0 Å². The van der Waals surface area contributed by atoms with Crippen LogP contribution >= 0.6 is 0 Å². The van der Waals surface area contributed by atoms with E-state index in [9.17, 15) is 21.6 Å². The molecule has 1 aromatic rings. The first-order valence-electron chi connectivity index (χ1n) is 9.23. The maximum absolute atomic E-state index is 12.6. The number of piperidine rings is 1. The highest BCUT2D eigenvalue weighted by Crippen LogP contribution is 2.28. The molecule has 0 spiro atoms. The van der Waals surface area contributed by atoms with Crippen molar-refractivity contribution in [3.63, 3.8) is 0 Å². The minimum Gasteiger partial charge on any atom is -0.356 e. The van der Waals surface area contributed by atoms with Crippen molar-refractivity contribution in [3.05, 3.63) is 35.9 Å². The lowest BCUT2D eigenvalue weighted by Gasteiger charge is -2.32. The number of hydrogen-bond donors (Lipinski definition) is 2. The highest BCUT2D eigenvalue weighted by Gasteiger charge is 2.50. The van der Waals surface area contributed by atoms with Crippen LogP contribution in [0.25, 0.3) is 0 Å². The molecule has 158 valence electrons. The van der Waals surface area contributed by atoms with Gasteiger partial charge in [-0.15, -0.1) is 0 Å². The average Bonchev–Trinajstić information content (AvgIpc) is 2.67. The summed E-state index contributed by atoms with van der Waals surface area (Å²) in [5.74, 6) is 0.944. The van der Waals surface area contributed by atoms with E-state index in [0.717, 1.165) is 6.42 Å². The van der Waals surface area contributed by atoms with E-state index >= 15 is 0 Å². The van der Waals surface area contributed by atoms with Crippen molar-refractivity contribution in [2.45, 2.75) is 43.7 Å². The summed E-state index contributed by atoms with van der Waals surface area (Å²) in [5.41, 5.74) is -3.99. The smallest absolute Gasteiger partial charge is 0.356 e. The SMILES string of the molecule is CN=C(NCCC(C)c1ccccc1)NC1CCN(S(=O)(=O)C(F)(F)F)CC1. The number of aliphatic imine (C=N–C) groups is 1. The van der Waals surface area contributed by atoms with Crippen LogP contribution in [-0.2, 0) is 10.0 Å². The highest BCUT2D eigenvalue weighted by atomic mass is 32.2. The van der Waals surface area contributed by atoms with E-state index in [-0.39, 0.29) is 32.0 Å². The van der Waals surface area contributed by atoms with E-state index in [1.807, 2.05) is 18.2 Å². The summed E-state index contributed by atoms with van der Waals surface area (Å²) in [6.45, 7) is 2.50. The van der Waals surface area contributed by atoms with Gasteiger partial charge in [0.1, 0.15) is 0 Å². The summed E-state index contributed by atoms with van der Waals surface area (Å²) < 4.78 is 61.3. The van der Waals surface area contributed by atoms with Crippen LogP contribution in [0.15, 0.2) is 35.3 Å².